The predicted octanol–water partition coefficient (Wildman–Crippen LogP) is 4.86. The van der Waals surface area contributed by atoms with Crippen molar-refractivity contribution in [3.8, 4) is 0 Å². The van der Waals surface area contributed by atoms with Crippen molar-refractivity contribution in [3.05, 3.63) is 71.3 Å². The van der Waals surface area contributed by atoms with Gasteiger partial charge in [0.15, 0.2) is 0 Å². The third-order valence-corrected chi connectivity index (χ3v) is 6.64. The van der Waals surface area contributed by atoms with Gasteiger partial charge in [-0.15, -0.1) is 0 Å². The van der Waals surface area contributed by atoms with Crippen LogP contribution >= 0.6 is 0 Å². The average Bonchev–Trinajstić information content (AvgIpc) is 3.33. The minimum absolute atomic E-state index is 0.00936. The van der Waals surface area contributed by atoms with E-state index in [2.05, 4.69) is 5.32 Å². The van der Waals surface area contributed by atoms with Gasteiger partial charge in [-0.2, -0.15) is 0 Å². The monoisotopic (exact) mass is 426 g/mol. The zero-order valence-corrected chi connectivity index (χ0v) is 17.5. The molecule has 1 N–H and O–H groups in total. The number of carbonyl (C=O) groups is 2. The van der Waals surface area contributed by atoms with Crippen molar-refractivity contribution in [2.45, 2.75) is 44.6 Å². The van der Waals surface area contributed by atoms with E-state index in [4.69, 9.17) is 0 Å². The van der Waals surface area contributed by atoms with Crippen LogP contribution in [-0.4, -0.2) is 29.8 Å². The second kappa shape index (κ2) is 9.58. The van der Waals surface area contributed by atoms with Crippen LogP contribution < -0.4 is 5.32 Å². The van der Waals surface area contributed by atoms with Crippen LogP contribution in [-0.2, 0) is 4.79 Å². The molecule has 1 atom stereocenters. The Kier molecular flexibility index (Phi) is 6.64. The first-order valence-electron chi connectivity index (χ1n) is 11.1. The molecule has 31 heavy (non-hydrogen) atoms. The molecule has 4 rings (SSSR count). The van der Waals surface area contributed by atoms with Gasteiger partial charge in [0, 0.05) is 24.6 Å². The molecule has 2 aromatic rings. The van der Waals surface area contributed by atoms with Gasteiger partial charge < -0.3 is 10.2 Å². The largest absolute Gasteiger partial charge is 0.349 e. The third-order valence-electron chi connectivity index (χ3n) is 6.64. The Bertz CT molecular complexity index is 900. The minimum Gasteiger partial charge on any atom is -0.349 e. The number of hydrogen-bond acceptors (Lipinski definition) is 2. The molecule has 0 bridgehead atoms. The first-order chi connectivity index (χ1) is 15.0. The first kappa shape index (κ1) is 21.5. The molecule has 4 nitrogen and oxygen atoms in total. The lowest BCUT2D eigenvalue weighted by molar-refractivity contribution is -0.127. The van der Waals surface area contributed by atoms with E-state index < -0.39 is 0 Å². The number of nitrogens with zero attached hydrogens (tertiary/aromatic N) is 1. The first-order valence-corrected chi connectivity index (χ1v) is 11.1. The molecule has 164 valence electrons. The van der Waals surface area contributed by atoms with Crippen molar-refractivity contribution in [2.75, 3.05) is 13.1 Å². The van der Waals surface area contributed by atoms with Gasteiger partial charge in [-0.25, -0.2) is 8.78 Å². The molecule has 6 heteroatoms. The Hall–Kier alpha value is -2.76. The number of carbonyl (C=O) groups excluding carboxylic acids is 2. The lowest BCUT2D eigenvalue weighted by Gasteiger charge is -2.33. The topological polar surface area (TPSA) is 49.4 Å². The molecular formula is C25H28F2N2O2. The van der Waals surface area contributed by atoms with Gasteiger partial charge in [0.1, 0.15) is 11.6 Å². The van der Waals surface area contributed by atoms with E-state index >= 15 is 0 Å². The molecule has 0 spiro atoms. The van der Waals surface area contributed by atoms with E-state index in [1.807, 2.05) is 0 Å². The number of nitrogens with one attached hydrogen (secondary N) is 1. The zero-order chi connectivity index (χ0) is 21.8. The summed E-state index contributed by atoms with van der Waals surface area (Å²) in [5.74, 6) is -0.552. The Morgan fingerprint density at radius 2 is 1.39 bits per heavy atom. The van der Waals surface area contributed by atoms with E-state index in [-0.39, 0.29) is 35.4 Å². The maximum Gasteiger partial charge on any atom is 0.253 e. The van der Waals surface area contributed by atoms with Crippen LogP contribution in [0.5, 0.6) is 0 Å². The molecule has 1 aliphatic heterocycles. The van der Waals surface area contributed by atoms with Crippen molar-refractivity contribution in [2.24, 2.45) is 11.8 Å². The normalized spacial score (nSPS) is 18.7. The van der Waals surface area contributed by atoms with Gasteiger partial charge in [0.2, 0.25) is 5.91 Å². The standard InChI is InChI=1S/C25H28F2N2O2/c26-21-9-5-18(6-10-21)23(17-3-1-2-4-17)28-24(30)19-13-15-29(16-14-19)25(31)20-7-11-22(27)12-8-20/h5-12,17,19,23H,1-4,13-16H2,(H,28,30)/t23-/m1/s1. The van der Waals surface area contributed by atoms with Crippen LogP contribution in [0.25, 0.3) is 0 Å². The number of amides is 2. The van der Waals surface area contributed by atoms with Crippen LogP contribution in [0, 0.1) is 23.5 Å². The average molecular weight is 427 g/mol. The highest BCUT2D eigenvalue weighted by Crippen LogP contribution is 2.36. The molecule has 1 aliphatic carbocycles. The number of likely N-dealkylation sites (tertiary alicyclic amines) is 1. The van der Waals surface area contributed by atoms with E-state index in [1.165, 1.54) is 36.4 Å². The smallest absolute Gasteiger partial charge is 0.253 e. The van der Waals surface area contributed by atoms with Crippen LogP contribution in [0.1, 0.15) is 60.5 Å². The fourth-order valence-corrected chi connectivity index (χ4v) is 4.83. The maximum atomic E-state index is 13.4. The maximum absolute atomic E-state index is 13.4. The lowest BCUT2D eigenvalue weighted by Crippen LogP contribution is -2.44. The highest BCUT2D eigenvalue weighted by Gasteiger charge is 2.32. The van der Waals surface area contributed by atoms with Gasteiger partial charge >= 0.3 is 0 Å². The predicted molar refractivity (Wildman–Crippen MR) is 114 cm³/mol. The molecule has 0 radical (unpaired) electrons. The second-order valence-corrected chi connectivity index (χ2v) is 8.66. The van der Waals surface area contributed by atoms with Gasteiger partial charge in [-0.05, 0) is 73.6 Å². The number of hydrogen-bond donors (Lipinski definition) is 1. The van der Waals surface area contributed by atoms with Crippen LogP contribution in [0.3, 0.4) is 0 Å². The zero-order valence-electron chi connectivity index (χ0n) is 17.5. The number of piperidine rings is 1. The van der Waals surface area contributed by atoms with Crippen molar-refractivity contribution in [1.29, 1.82) is 0 Å². The van der Waals surface area contributed by atoms with E-state index in [0.29, 0.717) is 37.4 Å². The van der Waals surface area contributed by atoms with Crippen LogP contribution in [0.4, 0.5) is 8.78 Å². The highest BCUT2D eigenvalue weighted by atomic mass is 19.1. The summed E-state index contributed by atoms with van der Waals surface area (Å²) in [6.45, 7) is 0.998. The summed E-state index contributed by atoms with van der Waals surface area (Å²) < 4.78 is 26.5. The molecule has 2 fully saturated rings. The van der Waals surface area contributed by atoms with E-state index in [1.54, 1.807) is 17.0 Å². The summed E-state index contributed by atoms with van der Waals surface area (Å²) in [7, 11) is 0. The van der Waals surface area contributed by atoms with Crippen LogP contribution in [0.15, 0.2) is 48.5 Å². The van der Waals surface area contributed by atoms with Crippen molar-refractivity contribution >= 4 is 11.8 Å². The number of rotatable bonds is 5. The fraction of sp³-hybridized carbons (Fsp3) is 0.440. The summed E-state index contributed by atoms with van der Waals surface area (Å²) in [6, 6.07) is 11.9. The van der Waals surface area contributed by atoms with Gasteiger partial charge in [-0.3, -0.25) is 9.59 Å². The van der Waals surface area contributed by atoms with Gasteiger partial charge in [0.05, 0.1) is 6.04 Å². The summed E-state index contributed by atoms with van der Waals surface area (Å²) >= 11 is 0. The molecular weight excluding hydrogens is 398 g/mol. The molecule has 2 aromatic carbocycles. The highest BCUT2D eigenvalue weighted by molar-refractivity contribution is 5.94. The van der Waals surface area contributed by atoms with Gasteiger partial charge in [0.25, 0.3) is 5.91 Å². The van der Waals surface area contributed by atoms with E-state index in [9.17, 15) is 18.4 Å². The Morgan fingerprint density at radius 3 is 1.97 bits per heavy atom. The number of halogens is 2. The third kappa shape index (κ3) is 5.12. The molecule has 2 amide bonds. The van der Waals surface area contributed by atoms with E-state index in [0.717, 1.165) is 31.2 Å². The summed E-state index contributed by atoms with van der Waals surface area (Å²) in [4.78, 5) is 27.4. The minimum atomic E-state index is -0.370. The molecule has 1 saturated heterocycles. The summed E-state index contributed by atoms with van der Waals surface area (Å²) in [5, 5.41) is 3.24. The molecule has 0 unspecified atom stereocenters. The molecule has 1 heterocycles. The quantitative estimate of drug-likeness (QED) is 0.742. The fourth-order valence-electron chi connectivity index (χ4n) is 4.83. The van der Waals surface area contributed by atoms with Crippen molar-refractivity contribution < 1.29 is 18.4 Å². The summed E-state index contributed by atoms with van der Waals surface area (Å²) in [6.07, 6.45) is 5.63. The Labute approximate surface area is 181 Å². The summed E-state index contributed by atoms with van der Waals surface area (Å²) in [5.41, 5.74) is 1.41. The lowest BCUT2D eigenvalue weighted by atomic mass is 9.89. The SMILES string of the molecule is O=C(N[C@@H](c1ccc(F)cc1)C1CCCC1)C1CCN(C(=O)c2ccc(F)cc2)CC1. The Morgan fingerprint density at radius 1 is 0.839 bits per heavy atom. The molecule has 0 aromatic heterocycles. The Balaban J connectivity index is 1.37. The second-order valence-electron chi connectivity index (χ2n) is 8.66. The van der Waals surface area contributed by atoms with Crippen molar-refractivity contribution in [1.82, 2.24) is 10.2 Å². The number of benzene rings is 2. The molecule has 1 saturated carbocycles. The molecule has 2 aliphatic rings. The van der Waals surface area contributed by atoms with Gasteiger partial charge in [-0.1, -0.05) is 25.0 Å². The van der Waals surface area contributed by atoms with Crippen LogP contribution in [0.2, 0.25) is 0 Å². The van der Waals surface area contributed by atoms with Crippen molar-refractivity contribution in [3.63, 3.8) is 0 Å².